The van der Waals surface area contributed by atoms with Crippen LogP contribution in [0.15, 0.2) is 54.6 Å². The van der Waals surface area contributed by atoms with E-state index in [1.54, 1.807) is 0 Å². The largest absolute Gasteiger partial charge is 0.446 e. The van der Waals surface area contributed by atoms with Crippen LogP contribution < -0.4 is 15.4 Å². The van der Waals surface area contributed by atoms with Gasteiger partial charge in [-0.2, -0.15) is 0 Å². The van der Waals surface area contributed by atoms with Crippen LogP contribution in [0, 0.1) is 5.92 Å². The molecule has 0 spiro atoms. The number of carbonyl (C=O) groups excluding carboxylic acids is 4. The maximum atomic E-state index is 14.3. The molecule has 2 aliphatic heterocycles. The molecule has 4 amide bonds. The lowest BCUT2D eigenvalue weighted by molar-refractivity contribution is -0.141. The smallest absolute Gasteiger partial charge is 0.408 e. The first kappa shape index (κ1) is 34.5. The number of ether oxygens (including phenoxy) is 2. The monoisotopic (exact) mass is 706 g/mol. The Morgan fingerprint density at radius 2 is 1.74 bits per heavy atom. The van der Waals surface area contributed by atoms with E-state index in [0.717, 1.165) is 54.9 Å². The third-order valence-corrected chi connectivity index (χ3v) is 12.6. The second-order valence-electron chi connectivity index (χ2n) is 14.5. The van der Waals surface area contributed by atoms with Crippen LogP contribution >= 0.6 is 0 Å². The van der Waals surface area contributed by atoms with E-state index >= 15 is 0 Å². The first-order chi connectivity index (χ1) is 24.1. The quantitative estimate of drug-likeness (QED) is 0.348. The molecule has 12 nitrogen and oxygen atoms in total. The summed E-state index contributed by atoms with van der Waals surface area (Å²) in [4.78, 5) is 56.5. The molecular formula is C37H46N4O8S. The highest BCUT2D eigenvalue weighted by molar-refractivity contribution is 7.91. The first-order valence-corrected chi connectivity index (χ1v) is 19.6. The molecule has 3 aliphatic carbocycles. The number of rotatable bonds is 8. The van der Waals surface area contributed by atoms with Gasteiger partial charge < -0.3 is 25.0 Å². The van der Waals surface area contributed by atoms with Crippen molar-refractivity contribution in [2.45, 2.75) is 119 Å². The Hall–Kier alpha value is -3.97. The Balaban J connectivity index is 1.14. The predicted octanol–water partition coefficient (Wildman–Crippen LogP) is 3.98. The van der Waals surface area contributed by atoms with E-state index < -0.39 is 62.8 Å². The fourth-order valence-corrected chi connectivity index (χ4v) is 8.69. The zero-order chi connectivity index (χ0) is 34.9. The average molecular weight is 707 g/mol. The van der Waals surface area contributed by atoms with E-state index in [1.165, 1.54) is 4.90 Å². The van der Waals surface area contributed by atoms with E-state index in [-0.39, 0.29) is 38.0 Å². The van der Waals surface area contributed by atoms with Gasteiger partial charge in [0, 0.05) is 18.9 Å². The SMILES string of the molecule is O=C(N[C@H]1CCCCC/C=C\[C@@H]2C[C@@]2(C(=O)NS(=O)(=O)C2CC2)NC(=O)[C@@H]2C[C@@H](OCc3cccc4ccccc34)CN2C1=O)OC1CCC1. The third-order valence-electron chi connectivity index (χ3n) is 10.8. The lowest BCUT2D eigenvalue weighted by Crippen LogP contribution is -2.58. The van der Waals surface area contributed by atoms with Crippen LogP contribution in [0.1, 0.15) is 82.6 Å². The molecule has 5 atom stereocenters. The van der Waals surface area contributed by atoms with Crippen LogP contribution in [0.4, 0.5) is 4.79 Å². The number of hydrogen-bond acceptors (Lipinski definition) is 8. The van der Waals surface area contributed by atoms with Crippen molar-refractivity contribution in [3.63, 3.8) is 0 Å². The second kappa shape index (κ2) is 14.3. The Morgan fingerprint density at radius 1 is 0.940 bits per heavy atom. The zero-order valence-corrected chi connectivity index (χ0v) is 29.0. The summed E-state index contributed by atoms with van der Waals surface area (Å²) in [6.45, 7) is 0.367. The Kier molecular flexibility index (Phi) is 9.89. The summed E-state index contributed by atoms with van der Waals surface area (Å²) in [6, 6.07) is 12.0. The Morgan fingerprint density at radius 3 is 2.52 bits per heavy atom. The summed E-state index contributed by atoms with van der Waals surface area (Å²) in [5.41, 5.74) is -0.474. The second-order valence-corrected chi connectivity index (χ2v) is 16.4. The molecule has 3 N–H and O–H groups in total. The average Bonchev–Trinajstić information content (AvgIpc) is 4.00. The molecule has 0 bridgehead atoms. The minimum atomic E-state index is -3.85. The van der Waals surface area contributed by atoms with Gasteiger partial charge in [0.1, 0.15) is 23.7 Å². The van der Waals surface area contributed by atoms with Crippen molar-refractivity contribution in [3.05, 3.63) is 60.2 Å². The van der Waals surface area contributed by atoms with Gasteiger partial charge in [-0.3, -0.25) is 19.1 Å². The van der Waals surface area contributed by atoms with E-state index in [9.17, 15) is 27.6 Å². The van der Waals surface area contributed by atoms with Crippen molar-refractivity contribution in [2.75, 3.05) is 6.54 Å². The van der Waals surface area contributed by atoms with Gasteiger partial charge in [0.2, 0.25) is 21.8 Å². The molecule has 2 aromatic carbocycles. The van der Waals surface area contributed by atoms with Gasteiger partial charge in [0.05, 0.1) is 18.0 Å². The van der Waals surface area contributed by atoms with Gasteiger partial charge in [-0.15, -0.1) is 0 Å². The zero-order valence-electron chi connectivity index (χ0n) is 28.2. The maximum Gasteiger partial charge on any atom is 0.408 e. The summed E-state index contributed by atoms with van der Waals surface area (Å²) in [7, 11) is -3.85. The standard InChI is InChI=1S/C37H46N4O8S/c42-33-32-20-28(48-23-25-12-8-11-24-10-6-7-16-30(24)25)22-41(32)34(43)31(38-36(45)49-27-14-9-15-27)17-5-3-1-2-4-13-26-21-37(26,39-33)35(44)40-50(46,47)29-18-19-29/h4,6-8,10-13,16,26-29,31-32H,1-3,5,9,14-15,17-23H2,(H,38,45)(H,39,42)(H,40,44)/b13-4-/t26-,28-,31+,32+,37-/m1/s1. The summed E-state index contributed by atoms with van der Waals surface area (Å²) in [5.74, 6) is -2.11. The number of sulfonamides is 1. The molecule has 50 heavy (non-hydrogen) atoms. The minimum Gasteiger partial charge on any atom is -0.446 e. The number of nitrogens with zero attached hydrogens (tertiary/aromatic N) is 1. The first-order valence-electron chi connectivity index (χ1n) is 18.0. The number of amides is 4. The van der Waals surface area contributed by atoms with Crippen molar-refractivity contribution >= 4 is 44.6 Å². The molecule has 3 saturated carbocycles. The van der Waals surface area contributed by atoms with Crippen LogP contribution in [-0.2, 0) is 40.5 Å². The van der Waals surface area contributed by atoms with Crippen molar-refractivity contribution in [1.29, 1.82) is 0 Å². The van der Waals surface area contributed by atoms with Crippen molar-refractivity contribution in [1.82, 2.24) is 20.3 Å². The lowest BCUT2D eigenvalue weighted by atomic mass is 9.96. The van der Waals surface area contributed by atoms with Crippen molar-refractivity contribution in [2.24, 2.45) is 5.92 Å². The number of carbonyl (C=O) groups is 4. The van der Waals surface area contributed by atoms with Gasteiger partial charge in [-0.1, -0.05) is 67.5 Å². The van der Waals surface area contributed by atoms with Crippen LogP contribution in [0.25, 0.3) is 10.8 Å². The summed E-state index contributed by atoms with van der Waals surface area (Å²) in [5, 5.41) is 7.22. The highest BCUT2D eigenvalue weighted by Gasteiger charge is 2.62. The molecular weight excluding hydrogens is 660 g/mol. The molecule has 0 aromatic heterocycles. The molecule has 5 aliphatic rings. The number of alkyl carbamates (subject to hydrolysis) is 1. The topological polar surface area (TPSA) is 160 Å². The van der Waals surface area contributed by atoms with Crippen LogP contribution in [-0.4, -0.2) is 78.8 Å². The molecule has 7 rings (SSSR count). The van der Waals surface area contributed by atoms with E-state index in [1.807, 2.05) is 54.6 Å². The fourth-order valence-electron chi connectivity index (χ4n) is 7.32. The fraction of sp³-hybridized carbons (Fsp3) is 0.568. The molecule has 1 saturated heterocycles. The van der Waals surface area contributed by atoms with E-state index in [0.29, 0.717) is 25.7 Å². The van der Waals surface area contributed by atoms with Crippen molar-refractivity contribution in [3.8, 4) is 0 Å². The van der Waals surface area contributed by atoms with Gasteiger partial charge in [-0.25, -0.2) is 13.2 Å². The number of hydrogen-bond donors (Lipinski definition) is 3. The molecule has 2 aromatic rings. The van der Waals surface area contributed by atoms with E-state index in [2.05, 4.69) is 15.4 Å². The van der Waals surface area contributed by atoms with Crippen molar-refractivity contribution < 1.29 is 37.1 Å². The molecule has 13 heteroatoms. The summed E-state index contributed by atoms with van der Waals surface area (Å²) in [6.07, 6.45) is 9.94. The number of benzene rings is 2. The number of nitrogens with one attached hydrogen (secondary N) is 3. The van der Waals surface area contributed by atoms with Gasteiger partial charge in [-0.05, 0) is 74.1 Å². The Labute approximate surface area is 292 Å². The number of fused-ring (bicyclic) bond motifs is 3. The summed E-state index contributed by atoms with van der Waals surface area (Å²) >= 11 is 0. The van der Waals surface area contributed by atoms with Crippen LogP contribution in [0.5, 0.6) is 0 Å². The number of allylic oxidation sites excluding steroid dienone is 1. The highest BCUT2D eigenvalue weighted by atomic mass is 32.2. The van der Waals surface area contributed by atoms with Gasteiger partial charge in [0.25, 0.3) is 5.91 Å². The lowest BCUT2D eigenvalue weighted by Gasteiger charge is -2.31. The highest BCUT2D eigenvalue weighted by Crippen LogP contribution is 2.46. The molecule has 0 unspecified atom stereocenters. The molecule has 4 fully saturated rings. The van der Waals surface area contributed by atoms with Gasteiger partial charge >= 0.3 is 6.09 Å². The Bertz CT molecular complexity index is 1770. The minimum absolute atomic E-state index is 0.107. The molecule has 268 valence electrons. The van der Waals surface area contributed by atoms with Gasteiger partial charge in [0.15, 0.2) is 0 Å². The molecule has 2 heterocycles. The third kappa shape index (κ3) is 7.53. The summed E-state index contributed by atoms with van der Waals surface area (Å²) < 4.78 is 39.7. The molecule has 0 radical (unpaired) electrons. The normalized spacial score (nSPS) is 29.7. The maximum absolute atomic E-state index is 14.3. The van der Waals surface area contributed by atoms with E-state index in [4.69, 9.17) is 9.47 Å². The van der Waals surface area contributed by atoms with Crippen LogP contribution in [0.2, 0.25) is 0 Å². The van der Waals surface area contributed by atoms with Crippen LogP contribution in [0.3, 0.4) is 0 Å². The predicted molar refractivity (Wildman–Crippen MR) is 185 cm³/mol.